The highest BCUT2D eigenvalue weighted by molar-refractivity contribution is 4.75. The van der Waals surface area contributed by atoms with Crippen LogP contribution in [0.5, 0.6) is 0 Å². The minimum absolute atomic E-state index is 0.136. The molecule has 1 saturated heterocycles. The molecule has 1 aliphatic rings. The van der Waals surface area contributed by atoms with Gasteiger partial charge in [-0.3, -0.25) is 0 Å². The van der Waals surface area contributed by atoms with Crippen LogP contribution in [-0.2, 0) is 0 Å². The number of hydrogen-bond acceptors (Lipinski definition) is 2. The standard InChI is InChI=1S/C9H19NO/c1-8-4-3-6-10(8)7-5-9(2)11/h8-9,11H,3-7H2,1-2H3. The molecule has 0 aromatic rings. The number of nitrogens with zero attached hydrogens (tertiary/aromatic N) is 1. The molecule has 0 amide bonds. The van der Waals surface area contributed by atoms with Crippen LogP contribution in [-0.4, -0.2) is 35.2 Å². The molecule has 11 heavy (non-hydrogen) atoms. The third-order valence-corrected chi connectivity index (χ3v) is 2.52. The van der Waals surface area contributed by atoms with Crippen molar-refractivity contribution in [2.75, 3.05) is 13.1 Å². The first-order valence-corrected chi connectivity index (χ1v) is 4.62. The zero-order valence-corrected chi connectivity index (χ0v) is 7.58. The van der Waals surface area contributed by atoms with Gasteiger partial charge in [-0.15, -0.1) is 0 Å². The average Bonchev–Trinajstić information content (AvgIpc) is 2.31. The van der Waals surface area contributed by atoms with Crippen LogP contribution in [0.2, 0.25) is 0 Å². The smallest absolute Gasteiger partial charge is 0.0524 e. The Bertz CT molecular complexity index is 114. The van der Waals surface area contributed by atoms with Gasteiger partial charge in [-0.2, -0.15) is 0 Å². The average molecular weight is 157 g/mol. The third kappa shape index (κ3) is 2.80. The Hall–Kier alpha value is -0.0800. The van der Waals surface area contributed by atoms with Gasteiger partial charge < -0.3 is 10.0 Å². The van der Waals surface area contributed by atoms with E-state index in [1.54, 1.807) is 0 Å². The van der Waals surface area contributed by atoms with E-state index in [4.69, 9.17) is 5.11 Å². The van der Waals surface area contributed by atoms with Crippen molar-refractivity contribution in [3.63, 3.8) is 0 Å². The Morgan fingerprint density at radius 1 is 1.64 bits per heavy atom. The fourth-order valence-corrected chi connectivity index (χ4v) is 1.68. The van der Waals surface area contributed by atoms with Crippen LogP contribution in [0.4, 0.5) is 0 Å². The van der Waals surface area contributed by atoms with Crippen LogP contribution < -0.4 is 0 Å². The normalized spacial score (nSPS) is 29.2. The minimum Gasteiger partial charge on any atom is -0.393 e. The molecule has 1 rings (SSSR count). The summed E-state index contributed by atoms with van der Waals surface area (Å²) in [6, 6.07) is 0.744. The summed E-state index contributed by atoms with van der Waals surface area (Å²) in [5.41, 5.74) is 0. The Labute approximate surface area is 69.2 Å². The van der Waals surface area contributed by atoms with E-state index in [0.717, 1.165) is 19.0 Å². The maximum absolute atomic E-state index is 9.07. The van der Waals surface area contributed by atoms with Crippen LogP contribution in [0, 0.1) is 0 Å². The molecule has 0 saturated carbocycles. The van der Waals surface area contributed by atoms with E-state index in [-0.39, 0.29) is 6.10 Å². The zero-order valence-electron chi connectivity index (χ0n) is 7.58. The quantitative estimate of drug-likeness (QED) is 0.666. The third-order valence-electron chi connectivity index (χ3n) is 2.52. The summed E-state index contributed by atoms with van der Waals surface area (Å²) in [6.45, 7) is 6.43. The molecule has 0 aromatic heterocycles. The minimum atomic E-state index is -0.136. The van der Waals surface area contributed by atoms with Crippen LogP contribution in [0.1, 0.15) is 33.1 Å². The predicted octanol–water partition coefficient (Wildman–Crippen LogP) is 1.24. The second-order valence-corrected chi connectivity index (χ2v) is 3.66. The number of likely N-dealkylation sites (tertiary alicyclic amines) is 1. The van der Waals surface area contributed by atoms with Crippen LogP contribution >= 0.6 is 0 Å². The first kappa shape index (κ1) is 9.01. The lowest BCUT2D eigenvalue weighted by Gasteiger charge is -2.21. The van der Waals surface area contributed by atoms with Crippen LogP contribution in [0.25, 0.3) is 0 Å². The molecule has 0 spiro atoms. The highest BCUT2D eigenvalue weighted by Crippen LogP contribution is 2.16. The molecular formula is C9H19NO. The van der Waals surface area contributed by atoms with Gasteiger partial charge in [0.15, 0.2) is 0 Å². The number of rotatable bonds is 3. The molecule has 2 unspecified atom stereocenters. The second-order valence-electron chi connectivity index (χ2n) is 3.66. The fraction of sp³-hybridized carbons (Fsp3) is 1.00. The van der Waals surface area contributed by atoms with Crippen molar-refractivity contribution in [2.45, 2.75) is 45.3 Å². The molecular weight excluding hydrogens is 138 g/mol. The van der Waals surface area contributed by atoms with Gasteiger partial charge in [0.2, 0.25) is 0 Å². The fourth-order valence-electron chi connectivity index (χ4n) is 1.68. The van der Waals surface area contributed by atoms with Crippen LogP contribution in [0.15, 0.2) is 0 Å². The maximum Gasteiger partial charge on any atom is 0.0524 e. The molecule has 1 heterocycles. The van der Waals surface area contributed by atoms with Crippen molar-refractivity contribution in [1.29, 1.82) is 0 Å². The molecule has 1 fully saturated rings. The highest BCUT2D eigenvalue weighted by atomic mass is 16.3. The molecule has 0 aromatic carbocycles. The van der Waals surface area contributed by atoms with Gasteiger partial charge in [0.1, 0.15) is 0 Å². The summed E-state index contributed by atoms with van der Waals surface area (Å²) < 4.78 is 0. The molecule has 1 N–H and O–H groups in total. The zero-order chi connectivity index (χ0) is 8.27. The van der Waals surface area contributed by atoms with Gasteiger partial charge in [0, 0.05) is 12.6 Å². The molecule has 2 nitrogen and oxygen atoms in total. The first-order valence-electron chi connectivity index (χ1n) is 4.62. The lowest BCUT2D eigenvalue weighted by atomic mass is 10.2. The SMILES string of the molecule is CC(O)CCN1CCCC1C. The monoisotopic (exact) mass is 157 g/mol. The van der Waals surface area contributed by atoms with E-state index in [9.17, 15) is 0 Å². The molecule has 0 radical (unpaired) electrons. The van der Waals surface area contributed by atoms with E-state index < -0.39 is 0 Å². The molecule has 0 aliphatic carbocycles. The molecule has 2 atom stereocenters. The van der Waals surface area contributed by atoms with Crippen molar-refractivity contribution in [3.05, 3.63) is 0 Å². The Kier molecular flexibility index (Phi) is 3.34. The van der Waals surface area contributed by atoms with Gasteiger partial charge >= 0.3 is 0 Å². The Morgan fingerprint density at radius 2 is 2.36 bits per heavy atom. The summed E-state index contributed by atoms with van der Waals surface area (Å²) in [6.07, 6.45) is 3.45. The van der Waals surface area contributed by atoms with Gasteiger partial charge in [-0.1, -0.05) is 0 Å². The summed E-state index contributed by atoms with van der Waals surface area (Å²) in [5.74, 6) is 0. The molecule has 0 bridgehead atoms. The van der Waals surface area contributed by atoms with E-state index in [1.807, 2.05) is 6.92 Å². The second kappa shape index (κ2) is 4.07. The Morgan fingerprint density at radius 3 is 2.82 bits per heavy atom. The summed E-state index contributed by atoms with van der Waals surface area (Å²) in [4.78, 5) is 2.46. The Balaban J connectivity index is 2.15. The predicted molar refractivity (Wildman–Crippen MR) is 46.6 cm³/mol. The number of hydrogen-bond donors (Lipinski definition) is 1. The highest BCUT2D eigenvalue weighted by Gasteiger charge is 2.19. The molecule has 2 heteroatoms. The summed E-state index contributed by atoms with van der Waals surface area (Å²) in [5, 5.41) is 9.07. The van der Waals surface area contributed by atoms with E-state index in [0.29, 0.717) is 0 Å². The largest absolute Gasteiger partial charge is 0.393 e. The maximum atomic E-state index is 9.07. The lowest BCUT2D eigenvalue weighted by molar-refractivity contribution is 0.154. The first-order chi connectivity index (χ1) is 5.20. The van der Waals surface area contributed by atoms with Crippen molar-refractivity contribution < 1.29 is 5.11 Å². The van der Waals surface area contributed by atoms with Gasteiger partial charge in [-0.25, -0.2) is 0 Å². The van der Waals surface area contributed by atoms with E-state index in [1.165, 1.54) is 19.4 Å². The van der Waals surface area contributed by atoms with Crippen LogP contribution in [0.3, 0.4) is 0 Å². The summed E-state index contributed by atoms with van der Waals surface area (Å²) >= 11 is 0. The van der Waals surface area contributed by atoms with Gasteiger partial charge in [0.05, 0.1) is 6.10 Å². The van der Waals surface area contributed by atoms with Crippen molar-refractivity contribution >= 4 is 0 Å². The topological polar surface area (TPSA) is 23.5 Å². The number of aliphatic hydroxyl groups is 1. The van der Waals surface area contributed by atoms with Crippen molar-refractivity contribution in [2.24, 2.45) is 0 Å². The lowest BCUT2D eigenvalue weighted by Crippen LogP contribution is -2.29. The van der Waals surface area contributed by atoms with E-state index in [2.05, 4.69) is 11.8 Å². The summed E-state index contributed by atoms with van der Waals surface area (Å²) in [7, 11) is 0. The van der Waals surface area contributed by atoms with Crippen molar-refractivity contribution in [1.82, 2.24) is 4.90 Å². The van der Waals surface area contributed by atoms with Crippen molar-refractivity contribution in [3.8, 4) is 0 Å². The van der Waals surface area contributed by atoms with Gasteiger partial charge in [0.25, 0.3) is 0 Å². The van der Waals surface area contributed by atoms with Gasteiger partial charge in [-0.05, 0) is 39.7 Å². The van der Waals surface area contributed by atoms with E-state index >= 15 is 0 Å². The number of aliphatic hydroxyl groups excluding tert-OH is 1. The molecule has 66 valence electrons. The molecule has 1 aliphatic heterocycles.